The maximum Gasteiger partial charge on any atom is 0.253 e. The molecule has 3 aromatic rings. The molecule has 170 valence electrons. The van der Waals surface area contributed by atoms with E-state index in [1.807, 2.05) is 42.5 Å². The number of halogens is 1. The Labute approximate surface area is 198 Å². The van der Waals surface area contributed by atoms with Gasteiger partial charge in [-0.2, -0.15) is 0 Å². The summed E-state index contributed by atoms with van der Waals surface area (Å²) in [6, 6.07) is 20.1. The molecule has 1 N–H and O–H groups in total. The van der Waals surface area contributed by atoms with Crippen LogP contribution in [0.2, 0.25) is 5.02 Å². The fraction of sp³-hybridized carbons (Fsp3) is 0.269. The van der Waals surface area contributed by atoms with Crippen LogP contribution in [0, 0.1) is 0 Å². The van der Waals surface area contributed by atoms with Crippen molar-refractivity contribution in [2.24, 2.45) is 0 Å². The normalized spacial score (nSPS) is 14.7. The minimum absolute atomic E-state index is 0.0760. The molecule has 1 aliphatic heterocycles. The highest BCUT2D eigenvalue weighted by atomic mass is 35.5. The van der Waals surface area contributed by atoms with Crippen molar-refractivity contribution in [3.63, 3.8) is 0 Å². The largest absolute Gasteiger partial charge is 0.344 e. The molecular formula is C26H26ClN3O3. The van der Waals surface area contributed by atoms with Crippen LogP contribution in [-0.2, 0) is 16.0 Å². The average molecular weight is 464 g/mol. The van der Waals surface area contributed by atoms with E-state index >= 15 is 0 Å². The first kappa shape index (κ1) is 22.8. The number of nitrogens with one attached hydrogen (secondary N) is 1. The van der Waals surface area contributed by atoms with Crippen LogP contribution in [0.4, 0.5) is 0 Å². The number of amides is 3. The Morgan fingerprint density at radius 1 is 0.879 bits per heavy atom. The molecule has 0 spiro atoms. The van der Waals surface area contributed by atoms with Crippen LogP contribution in [0.25, 0.3) is 10.8 Å². The summed E-state index contributed by atoms with van der Waals surface area (Å²) in [5.74, 6) is -0.449. The van der Waals surface area contributed by atoms with Gasteiger partial charge in [0.15, 0.2) is 0 Å². The van der Waals surface area contributed by atoms with E-state index < -0.39 is 6.04 Å². The molecular weight excluding hydrogens is 438 g/mol. The van der Waals surface area contributed by atoms with Gasteiger partial charge in [0.2, 0.25) is 11.8 Å². The number of carbonyl (C=O) groups is 3. The highest BCUT2D eigenvalue weighted by Crippen LogP contribution is 2.21. The van der Waals surface area contributed by atoms with E-state index in [-0.39, 0.29) is 17.7 Å². The lowest BCUT2D eigenvalue weighted by molar-refractivity contribution is -0.137. The quantitative estimate of drug-likeness (QED) is 0.629. The van der Waals surface area contributed by atoms with E-state index in [0.29, 0.717) is 43.2 Å². The minimum Gasteiger partial charge on any atom is -0.344 e. The summed E-state index contributed by atoms with van der Waals surface area (Å²) in [5, 5.41) is 5.58. The number of carbonyl (C=O) groups excluding carboxylic acids is 3. The number of piperazine rings is 1. The second kappa shape index (κ2) is 10.0. The van der Waals surface area contributed by atoms with Crippen LogP contribution >= 0.6 is 11.6 Å². The lowest BCUT2D eigenvalue weighted by atomic mass is 9.98. The predicted molar refractivity (Wildman–Crippen MR) is 129 cm³/mol. The van der Waals surface area contributed by atoms with Crippen LogP contribution in [0.3, 0.4) is 0 Å². The van der Waals surface area contributed by atoms with Gasteiger partial charge in [-0.05, 0) is 40.6 Å². The number of hydrogen-bond acceptors (Lipinski definition) is 3. The maximum absolute atomic E-state index is 13.4. The summed E-state index contributed by atoms with van der Waals surface area (Å²) in [4.78, 5) is 41.5. The van der Waals surface area contributed by atoms with E-state index in [9.17, 15) is 14.4 Å². The predicted octanol–water partition coefficient (Wildman–Crippen LogP) is 3.53. The lowest BCUT2D eigenvalue weighted by Gasteiger charge is -2.36. The number of hydrogen-bond donors (Lipinski definition) is 1. The summed E-state index contributed by atoms with van der Waals surface area (Å²) < 4.78 is 0. The SMILES string of the molecule is CC(=O)NC(Cc1cccc2ccccc12)C(=O)N1CCN(C(=O)c2ccc(Cl)cc2)CC1. The molecule has 1 unspecified atom stereocenters. The summed E-state index contributed by atoms with van der Waals surface area (Å²) in [7, 11) is 0. The molecule has 0 aliphatic carbocycles. The van der Waals surface area contributed by atoms with Gasteiger partial charge in [-0.25, -0.2) is 0 Å². The summed E-state index contributed by atoms with van der Waals surface area (Å²) in [6.45, 7) is 3.14. The standard InChI is InChI=1S/C26H26ClN3O3/c1-18(31)28-24(17-21-7-4-6-19-5-2-3-8-23(19)21)26(33)30-15-13-29(14-16-30)25(32)20-9-11-22(27)12-10-20/h2-12,24H,13-17H2,1H3,(H,28,31). The molecule has 3 amide bonds. The first-order valence-electron chi connectivity index (χ1n) is 11.0. The van der Waals surface area contributed by atoms with Gasteiger partial charge in [-0.3, -0.25) is 14.4 Å². The highest BCUT2D eigenvalue weighted by Gasteiger charge is 2.30. The van der Waals surface area contributed by atoms with Gasteiger partial charge in [0, 0.05) is 50.1 Å². The van der Waals surface area contributed by atoms with Crippen molar-refractivity contribution in [2.45, 2.75) is 19.4 Å². The Hall–Kier alpha value is -3.38. The van der Waals surface area contributed by atoms with E-state index in [0.717, 1.165) is 16.3 Å². The zero-order chi connectivity index (χ0) is 23.4. The number of fused-ring (bicyclic) bond motifs is 1. The first-order chi connectivity index (χ1) is 15.9. The van der Waals surface area contributed by atoms with Crippen molar-refractivity contribution >= 4 is 40.1 Å². The second-order valence-corrected chi connectivity index (χ2v) is 8.66. The second-order valence-electron chi connectivity index (χ2n) is 8.22. The molecule has 7 heteroatoms. The zero-order valence-corrected chi connectivity index (χ0v) is 19.2. The van der Waals surface area contributed by atoms with E-state index in [1.165, 1.54) is 6.92 Å². The van der Waals surface area contributed by atoms with Crippen LogP contribution in [0.5, 0.6) is 0 Å². The fourth-order valence-corrected chi connectivity index (χ4v) is 4.39. The number of rotatable bonds is 5. The van der Waals surface area contributed by atoms with E-state index in [4.69, 9.17) is 11.6 Å². The van der Waals surface area contributed by atoms with Gasteiger partial charge in [0.1, 0.15) is 6.04 Å². The first-order valence-corrected chi connectivity index (χ1v) is 11.4. The Morgan fingerprint density at radius 2 is 1.52 bits per heavy atom. The zero-order valence-electron chi connectivity index (χ0n) is 18.5. The van der Waals surface area contributed by atoms with Crippen molar-refractivity contribution in [1.82, 2.24) is 15.1 Å². The molecule has 0 bridgehead atoms. The van der Waals surface area contributed by atoms with Crippen molar-refractivity contribution in [3.8, 4) is 0 Å². The summed E-state index contributed by atoms with van der Waals surface area (Å²) >= 11 is 5.91. The Morgan fingerprint density at radius 3 is 2.21 bits per heavy atom. The van der Waals surface area contributed by atoms with Crippen LogP contribution in [-0.4, -0.2) is 59.7 Å². The molecule has 3 aromatic carbocycles. The van der Waals surface area contributed by atoms with Crippen molar-refractivity contribution in [1.29, 1.82) is 0 Å². The lowest BCUT2D eigenvalue weighted by Crippen LogP contribution is -2.56. The Balaban J connectivity index is 1.45. The third-order valence-corrected chi connectivity index (χ3v) is 6.20. The summed E-state index contributed by atoms with van der Waals surface area (Å²) in [5.41, 5.74) is 1.59. The number of nitrogens with zero attached hydrogens (tertiary/aromatic N) is 2. The Kier molecular flexibility index (Phi) is 6.94. The van der Waals surface area contributed by atoms with Gasteiger partial charge in [0.25, 0.3) is 5.91 Å². The molecule has 0 saturated carbocycles. The molecule has 1 heterocycles. The van der Waals surface area contributed by atoms with Crippen LogP contribution in [0.1, 0.15) is 22.8 Å². The van der Waals surface area contributed by atoms with Gasteiger partial charge < -0.3 is 15.1 Å². The Bertz CT molecular complexity index is 1170. The van der Waals surface area contributed by atoms with Crippen molar-refractivity contribution in [3.05, 3.63) is 82.9 Å². The molecule has 0 radical (unpaired) electrons. The molecule has 1 fully saturated rings. The summed E-state index contributed by atoms with van der Waals surface area (Å²) in [6.07, 6.45) is 0.406. The fourth-order valence-electron chi connectivity index (χ4n) is 4.26. The van der Waals surface area contributed by atoms with Crippen molar-refractivity contribution in [2.75, 3.05) is 26.2 Å². The molecule has 1 aliphatic rings. The highest BCUT2D eigenvalue weighted by molar-refractivity contribution is 6.30. The molecule has 0 aromatic heterocycles. The van der Waals surface area contributed by atoms with Gasteiger partial charge in [0.05, 0.1) is 0 Å². The van der Waals surface area contributed by atoms with Gasteiger partial charge in [-0.15, -0.1) is 0 Å². The van der Waals surface area contributed by atoms with Crippen molar-refractivity contribution < 1.29 is 14.4 Å². The maximum atomic E-state index is 13.4. The van der Waals surface area contributed by atoms with Crippen LogP contribution in [0.15, 0.2) is 66.7 Å². The minimum atomic E-state index is -0.660. The third kappa shape index (κ3) is 5.34. The average Bonchev–Trinajstić information content (AvgIpc) is 2.83. The molecule has 1 saturated heterocycles. The smallest absolute Gasteiger partial charge is 0.253 e. The topological polar surface area (TPSA) is 69.7 Å². The monoisotopic (exact) mass is 463 g/mol. The van der Waals surface area contributed by atoms with Gasteiger partial charge >= 0.3 is 0 Å². The van der Waals surface area contributed by atoms with Gasteiger partial charge in [-0.1, -0.05) is 54.1 Å². The van der Waals surface area contributed by atoms with Crippen LogP contribution < -0.4 is 5.32 Å². The number of benzene rings is 3. The molecule has 33 heavy (non-hydrogen) atoms. The van der Waals surface area contributed by atoms with E-state index in [1.54, 1.807) is 34.1 Å². The molecule has 1 atom stereocenters. The molecule has 6 nitrogen and oxygen atoms in total. The molecule has 4 rings (SSSR count). The third-order valence-electron chi connectivity index (χ3n) is 5.95. The van der Waals surface area contributed by atoms with E-state index in [2.05, 4.69) is 5.32 Å².